The standard InChI is InChI=1S/C11H13NO2/c13-8-11-4-3-10(14-11)6-9-2-1-5-12-7-9/h3-4,6-7,13H,1-2,5,8H2. The predicted octanol–water partition coefficient (Wildman–Crippen LogP) is 2.02. The second-order valence-corrected chi connectivity index (χ2v) is 3.32. The highest BCUT2D eigenvalue weighted by molar-refractivity contribution is 5.85. The van der Waals surface area contributed by atoms with E-state index < -0.39 is 0 Å². The summed E-state index contributed by atoms with van der Waals surface area (Å²) in [5.74, 6) is 1.39. The number of allylic oxidation sites excluding steroid dienone is 1. The topological polar surface area (TPSA) is 45.7 Å². The Labute approximate surface area is 82.8 Å². The Morgan fingerprint density at radius 2 is 2.43 bits per heavy atom. The van der Waals surface area contributed by atoms with Crippen molar-refractivity contribution >= 4 is 12.3 Å². The van der Waals surface area contributed by atoms with Gasteiger partial charge in [0.05, 0.1) is 0 Å². The molecule has 2 rings (SSSR count). The summed E-state index contributed by atoms with van der Waals surface area (Å²) in [5.41, 5.74) is 1.19. The number of hydrogen-bond donors (Lipinski definition) is 1. The molecule has 1 aromatic rings. The minimum atomic E-state index is -0.0444. The third-order valence-corrected chi connectivity index (χ3v) is 2.18. The molecule has 2 heterocycles. The van der Waals surface area contributed by atoms with Gasteiger partial charge >= 0.3 is 0 Å². The molecule has 1 aliphatic heterocycles. The van der Waals surface area contributed by atoms with Crippen LogP contribution in [0.5, 0.6) is 0 Å². The molecule has 0 amide bonds. The predicted molar refractivity (Wildman–Crippen MR) is 55.2 cm³/mol. The molecule has 0 unspecified atom stereocenters. The molecular formula is C11H13NO2. The molecule has 1 N–H and O–H groups in total. The van der Waals surface area contributed by atoms with Crippen LogP contribution in [0.1, 0.15) is 24.4 Å². The van der Waals surface area contributed by atoms with E-state index in [-0.39, 0.29) is 6.61 Å². The highest BCUT2D eigenvalue weighted by Crippen LogP contribution is 2.15. The second kappa shape index (κ2) is 4.24. The molecule has 0 atom stereocenters. The van der Waals surface area contributed by atoms with E-state index >= 15 is 0 Å². The molecule has 0 spiro atoms. The van der Waals surface area contributed by atoms with E-state index in [0.717, 1.165) is 25.1 Å². The molecule has 14 heavy (non-hydrogen) atoms. The maximum atomic E-state index is 8.82. The molecule has 3 nitrogen and oxygen atoms in total. The van der Waals surface area contributed by atoms with Gasteiger partial charge in [-0.15, -0.1) is 0 Å². The van der Waals surface area contributed by atoms with Crippen molar-refractivity contribution in [1.29, 1.82) is 0 Å². The van der Waals surface area contributed by atoms with Crippen LogP contribution < -0.4 is 0 Å². The second-order valence-electron chi connectivity index (χ2n) is 3.32. The van der Waals surface area contributed by atoms with Gasteiger partial charge in [-0.3, -0.25) is 4.99 Å². The summed E-state index contributed by atoms with van der Waals surface area (Å²) in [7, 11) is 0. The van der Waals surface area contributed by atoms with Gasteiger partial charge in [-0.25, -0.2) is 0 Å². The largest absolute Gasteiger partial charge is 0.459 e. The zero-order chi connectivity index (χ0) is 9.80. The maximum Gasteiger partial charge on any atom is 0.130 e. The van der Waals surface area contributed by atoms with E-state index in [1.54, 1.807) is 6.07 Å². The van der Waals surface area contributed by atoms with E-state index in [1.165, 1.54) is 5.57 Å². The Hall–Kier alpha value is -1.35. The van der Waals surface area contributed by atoms with Gasteiger partial charge < -0.3 is 9.52 Å². The normalized spacial score (nSPS) is 19.1. The minimum absolute atomic E-state index is 0.0444. The molecule has 1 aromatic heterocycles. The van der Waals surface area contributed by atoms with Crippen molar-refractivity contribution in [2.24, 2.45) is 4.99 Å². The molecule has 0 saturated heterocycles. The molecule has 0 aliphatic carbocycles. The lowest BCUT2D eigenvalue weighted by Crippen LogP contribution is -1.95. The van der Waals surface area contributed by atoms with Gasteiger partial charge in [0.1, 0.15) is 18.1 Å². The van der Waals surface area contributed by atoms with Gasteiger partial charge in [-0.05, 0) is 36.6 Å². The Morgan fingerprint density at radius 3 is 3.07 bits per heavy atom. The summed E-state index contributed by atoms with van der Waals surface area (Å²) >= 11 is 0. The van der Waals surface area contributed by atoms with E-state index in [1.807, 2.05) is 18.4 Å². The first-order valence-electron chi connectivity index (χ1n) is 4.78. The molecule has 0 bridgehead atoms. The third kappa shape index (κ3) is 2.12. The van der Waals surface area contributed by atoms with E-state index in [2.05, 4.69) is 4.99 Å². The molecule has 74 valence electrons. The fourth-order valence-corrected chi connectivity index (χ4v) is 1.47. The summed E-state index contributed by atoms with van der Waals surface area (Å²) in [6, 6.07) is 3.65. The van der Waals surface area contributed by atoms with E-state index in [0.29, 0.717) is 5.76 Å². The van der Waals surface area contributed by atoms with Crippen LogP contribution in [0.25, 0.3) is 6.08 Å². The SMILES string of the molecule is OCc1ccc(C=C2C=NCCC2)o1. The smallest absolute Gasteiger partial charge is 0.130 e. The summed E-state index contributed by atoms with van der Waals surface area (Å²) in [6.45, 7) is 0.884. The lowest BCUT2D eigenvalue weighted by molar-refractivity contribution is 0.246. The van der Waals surface area contributed by atoms with Crippen LogP contribution in [0.4, 0.5) is 0 Å². The average Bonchev–Trinajstić information content (AvgIpc) is 2.67. The number of nitrogens with zero attached hydrogens (tertiary/aromatic N) is 1. The summed E-state index contributed by atoms with van der Waals surface area (Å²) in [6.07, 6.45) is 6.03. The zero-order valence-corrected chi connectivity index (χ0v) is 7.94. The highest BCUT2D eigenvalue weighted by Gasteiger charge is 2.02. The Bertz CT molecular complexity index is 363. The summed E-state index contributed by atoms with van der Waals surface area (Å²) < 4.78 is 5.35. The van der Waals surface area contributed by atoms with Gasteiger partial charge in [0.15, 0.2) is 0 Å². The Kier molecular flexibility index (Phi) is 2.79. The molecule has 0 radical (unpaired) electrons. The molecular weight excluding hydrogens is 178 g/mol. The van der Waals surface area contributed by atoms with E-state index in [4.69, 9.17) is 9.52 Å². The lowest BCUT2D eigenvalue weighted by atomic mass is 10.1. The van der Waals surface area contributed by atoms with Gasteiger partial charge in [0.2, 0.25) is 0 Å². The minimum Gasteiger partial charge on any atom is -0.459 e. The van der Waals surface area contributed by atoms with Crippen LogP contribution in [-0.2, 0) is 6.61 Å². The molecule has 0 fully saturated rings. The van der Waals surface area contributed by atoms with Crippen LogP contribution in [0, 0.1) is 0 Å². The molecule has 0 aromatic carbocycles. The first kappa shape index (κ1) is 9.21. The van der Waals surface area contributed by atoms with Crippen molar-refractivity contribution in [1.82, 2.24) is 0 Å². The number of aliphatic hydroxyl groups is 1. The maximum absolute atomic E-state index is 8.82. The highest BCUT2D eigenvalue weighted by atomic mass is 16.4. The van der Waals surface area contributed by atoms with Crippen molar-refractivity contribution in [3.63, 3.8) is 0 Å². The monoisotopic (exact) mass is 191 g/mol. The number of aliphatic imine (C=N–C) groups is 1. The fourth-order valence-electron chi connectivity index (χ4n) is 1.47. The third-order valence-electron chi connectivity index (χ3n) is 2.18. The fraction of sp³-hybridized carbons (Fsp3) is 0.364. The number of hydrogen-bond acceptors (Lipinski definition) is 3. The number of furan rings is 1. The van der Waals surface area contributed by atoms with Crippen molar-refractivity contribution in [3.05, 3.63) is 29.2 Å². The number of rotatable bonds is 2. The van der Waals surface area contributed by atoms with Crippen molar-refractivity contribution < 1.29 is 9.52 Å². The quantitative estimate of drug-likeness (QED) is 0.777. The summed E-state index contributed by atoms with van der Waals surface area (Å²) in [4.78, 5) is 4.20. The number of aliphatic hydroxyl groups excluding tert-OH is 1. The van der Waals surface area contributed by atoms with E-state index in [9.17, 15) is 0 Å². The Balaban J connectivity index is 2.15. The lowest BCUT2D eigenvalue weighted by Gasteiger charge is -2.04. The summed E-state index contributed by atoms with van der Waals surface area (Å²) in [5, 5.41) is 8.82. The first-order chi connectivity index (χ1) is 6.88. The van der Waals surface area contributed by atoms with Crippen LogP contribution in [0.15, 0.2) is 27.1 Å². The van der Waals surface area contributed by atoms with Gasteiger partial charge in [0.25, 0.3) is 0 Å². The van der Waals surface area contributed by atoms with Crippen molar-refractivity contribution in [3.8, 4) is 0 Å². The molecule has 0 saturated carbocycles. The van der Waals surface area contributed by atoms with Crippen LogP contribution in [0.3, 0.4) is 0 Å². The van der Waals surface area contributed by atoms with Crippen LogP contribution in [-0.4, -0.2) is 17.9 Å². The van der Waals surface area contributed by atoms with Gasteiger partial charge in [-0.1, -0.05) is 0 Å². The Morgan fingerprint density at radius 1 is 1.50 bits per heavy atom. The molecule has 3 heteroatoms. The van der Waals surface area contributed by atoms with Gasteiger partial charge in [-0.2, -0.15) is 0 Å². The zero-order valence-electron chi connectivity index (χ0n) is 7.94. The van der Waals surface area contributed by atoms with Crippen LogP contribution in [0.2, 0.25) is 0 Å². The molecule has 1 aliphatic rings. The van der Waals surface area contributed by atoms with Crippen molar-refractivity contribution in [2.45, 2.75) is 19.4 Å². The first-order valence-corrected chi connectivity index (χ1v) is 4.78. The average molecular weight is 191 g/mol. The van der Waals surface area contributed by atoms with Crippen LogP contribution >= 0.6 is 0 Å². The van der Waals surface area contributed by atoms with Gasteiger partial charge in [0, 0.05) is 12.8 Å². The van der Waals surface area contributed by atoms with Crippen molar-refractivity contribution in [2.75, 3.05) is 6.54 Å².